The Hall–Kier alpha value is -1.07. The predicted molar refractivity (Wildman–Crippen MR) is 96.9 cm³/mol. The second-order valence-corrected chi connectivity index (χ2v) is 9.95. The van der Waals surface area contributed by atoms with Gasteiger partial charge in [0.15, 0.2) is 9.84 Å². The lowest BCUT2D eigenvalue weighted by Gasteiger charge is -2.25. The van der Waals surface area contributed by atoms with Crippen LogP contribution in [0, 0.1) is 5.92 Å². The van der Waals surface area contributed by atoms with Crippen LogP contribution in [0.25, 0.3) is 0 Å². The molecule has 1 aliphatic rings. The van der Waals surface area contributed by atoms with Crippen LogP contribution in [-0.4, -0.2) is 25.6 Å². The third-order valence-electron chi connectivity index (χ3n) is 4.91. The molecule has 6 heteroatoms. The zero-order valence-corrected chi connectivity index (χ0v) is 15.9. The Morgan fingerprint density at radius 1 is 1.17 bits per heavy atom. The highest BCUT2D eigenvalue weighted by Crippen LogP contribution is 2.28. The van der Waals surface area contributed by atoms with Gasteiger partial charge in [0.2, 0.25) is 5.91 Å². The Bertz CT molecular complexity index is 662. The average molecular weight is 372 g/mol. The van der Waals surface area contributed by atoms with Crippen molar-refractivity contribution in [2.75, 3.05) is 6.54 Å². The maximum Gasteiger partial charge on any atom is 0.241 e. The molecule has 0 bridgehead atoms. The normalized spacial score (nSPS) is 16.8. The molecule has 1 N–H and O–H groups in total. The van der Waals surface area contributed by atoms with E-state index in [4.69, 9.17) is 11.6 Å². The Labute approximate surface area is 149 Å². The summed E-state index contributed by atoms with van der Waals surface area (Å²) >= 11 is 5.81. The summed E-state index contributed by atoms with van der Waals surface area (Å²) in [6.45, 7) is 3.43. The van der Waals surface area contributed by atoms with Crippen LogP contribution in [0.1, 0.15) is 52.4 Å². The standard InChI is InChI=1S/C18H26ClNO3S/c1-18(2,24(22,23)16-10-8-15(19)9-11-16)17(21)20-13-12-14-6-4-3-5-7-14/h8-11,14H,3-7,12-13H2,1-2H3,(H,20,21). The highest BCUT2D eigenvalue weighted by molar-refractivity contribution is 7.93. The fraction of sp³-hybridized carbons (Fsp3) is 0.611. The van der Waals surface area contributed by atoms with Crippen LogP contribution in [0.4, 0.5) is 0 Å². The Kier molecular flexibility index (Phi) is 6.32. The highest BCUT2D eigenvalue weighted by atomic mass is 35.5. The summed E-state index contributed by atoms with van der Waals surface area (Å²) in [5.41, 5.74) is 0. The van der Waals surface area contributed by atoms with Crippen molar-refractivity contribution >= 4 is 27.3 Å². The van der Waals surface area contributed by atoms with Gasteiger partial charge in [-0.3, -0.25) is 4.79 Å². The van der Waals surface area contributed by atoms with Crippen molar-refractivity contribution in [2.45, 2.75) is 62.0 Å². The van der Waals surface area contributed by atoms with Crippen molar-refractivity contribution in [1.82, 2.24) is 5.32 Å². The molecule has 1 fully saturated rings. The van der Waals surface area contributed by atoms with Crippen molar-refractivity contribution in [2.24, 2.45) is 5.92 Å². The fourth-order valence-electron chi connectivity index (χ4n) is 3.11. The Morgan fingerprint density at radius 3 is 2.33 bits per heavy atom. The molecule has 134 valence electrons. The predicted octanol–water partition coefficient (Wildman–Crippen LogP) is 3.98. The third kappa shape index (κ3) is 4.31. The van der Waals surface area contributed by atoms with Crippen molar-refractivity contribution < 1.29 is 13.2 Å². The molecule has 0 aromatic heterocycles. The second kappa shape index (κ2) is 7.87. The fourth-order valence-corrected chi connectivity index (χ4v) is 4.63. The van der Waals surface area contributed by atoms with E-state index in [-0.39, 0.29) is 4.90 Å². The molecule has 1 saturated carbocycles. The molecule has 0 unspecified atom stereocenters. The number of hydrogen-bond acceptors (Lipinski definition) is 3. The maximum atomic E-state index is 12.8. The van der Waals surface area contributed by atoms with Gasteiger partial charge in [-0.15, -0.1) is 0 Å². The number of rotatable bonds is 6. The zero-order chi connectivity index (χ0) is 17.8. The van der Waals surface area contributed by atoms with Crippen molar-refractivity contribution in [3.05, 3.63) is 29.3 Å². The number of hydrogen-bond donors (Lipinski definition) is 1. The van der Waals surface area contributed by atoms with E-state index < -0.39 is 20.5 Å². The van der Waals surface area contributed by atoms with Gasteiger partial charge in [0, 0.05) is 11.6 Å². The summed E-state index contributed by atoms with van der Waals surface area (Å²) in [7, 11) is -3.78. The van der Waals surface area contributed by atoms with Gasteiger partial charge in [0.1, 0.15) is 4.75 Å². The largest absolute Gasteiger partial charge is 0.355 e. The van der Waals surface area contributed by atoms with Gasteiger partial charge in [-0.1, -0.05) is 43.7 Å². The van der Waals surface area contributed by atoms with Gasteiger partial charge in [-0.2, -0.15) is 0 Å². The number of nitrogens with one attached hydrogen (secondary N) is 1. The maximum absolute atomic E-state index is 12.8. The van der Waals surface area contributed by atoms with Crippen molar-refractivity contribution in [3.8, 4) is 0 Å². The molecule has 0 radical (unpaired) electrons. The van der Waals surface area contributed by atoms with Crippen LogP contribution in [0.2, 0.25) is 5.02 Å². The lowest BCUT2D eigenvalue weighted by Crippen LogP contribution is -2.48. The molecule has 1 amide bonds. The quantitative estimate of drug-likeness (QED) is 0.822. The van der Waals surface area contributed by atoms with Crippen molar-refractivity contribution in [1.29, 1.82) is 0 Å². The van der Waals surface area contributed by atoms with Crippen LogP contribution < -0.4 is 5.32 Å². The van der Waals surface area contributed by atoms with Crippen LogP contribution in [0.15, 0.2) is 29.2 Å². The lowest BCUT2D eigenvalue weighted by atomic mass is 9.87. The molecule has 1 aromatic carbocycles. The molecule has 0 atom stereocenters. The van der Waals surface area contributed by atoms with E-state index in [9.17, 15) is 13.2 Å². The summed E-state index contributed by atoms with van der Waals surface area (Å²) in [4.78, 5) is 12.6. The van der Waals surface area contributed by atoms with E-state index in [1.54, 1.807) is 0 Å². The first kappa shape index (κ1) is 19.3. The highest BCUT2D eigenvalue weighted by Gasteiger charge is 2.42. The van der Waals surface area contributed by atoms with Crippen LogP contribution in [0.5, 0.6) is 0 Å². The molecule has 4 nitrogen and oxygen atoms in total. The molecular formula is C18H26ClNO3S. The van der Waals surface area contributed by atoms with Crippen LogP contribution >= 0.6 is 11.6 Å². The number of carbonyl (C=O) groups is 1. The minimum Gasteiger partial charge on any atom is -0.355 e. The second-order valence-electron chi connectivity index (χ2n) is 7.02. The van der Waals surface area contributed by atoms with Gasteiger partial charge >= 0.3 is 0 Å². The number of sulfone groups is 1. The van der Waals surface area contributed by atoms with Crippen molar-refractivity contribution in [3.63, 3.8) is 0 Å². The smallest absolute Gasteiger partial charge is 0.241 e. The first-order valence-corrected chi connectivity index (χ1v) is 10.4. The Balaban J connectivity index is 1.99. The monoisotopic (exact) mass is 371 g/mol. The number of benzene rings is 1. The van der Waals surface area contributed by atoms with E-state index in [0.29, 0.717) is 17.5 Å². The molecule has 0 aliphatic heterocycles. The van der Waals surface area contributed by atoms with Gasteiger partial charge in [-0.25, -0.2) is 8.42 Å². The van der Waals surface area contributed by atoms with Crippen LogP contribution in [-0.2, 0) is 14.6 Å². The summed E-state index contributed by atoms with van der Waals surface area (Å²) < 4.78 is 24.0. The minimum absolute atomic E-state index is 0.110. The van der Waals surface area contributed by atoms with Gasteiger partial charge < -0.3 is 5.32 Å². The van der Waals surface area contributed by atoms with Gasteiger partial charge in [-0.05, 0) is 50.5 Å². The molecule has 1 aliphatic carbocycles. The molecule has 0 spiro atoms. The van der Waals surface area contributed by atoms with Crippen LogP contribution in [0.3, 0.4) is 0 Å². The first-order chi connectivity index (χ1) is 11.2. The summed E-state index contributed by atoms with van der Waals surface area (Å²) in [5, 5.41) is 3.28. The lowest BCUT2D eigenvalue weighted by molar-refractivity contribution is -0.122. The summed E-state index contributed by atoms with van der Waals surface area (Å²) in [5.74, 6) is 0.197. The summed E-state index contributed by atoms with van der Waals surface area (Å²) in [6, 6.07) is 5.92. The number of halogens is 1. The van der Waals surface area contributed by atoms with E-state index >= 15 is 0 Å². The average Bonchev–Trinajstić information content (AvgIpc) is 2.56. The minimum atomic E-state index is -3.78. The zero-order valence-electron chi connectivity index (χ0n) is 14.3. The Morgan fingerprint density at radius 2 is 1.75 bits per heavy atom. The number of carbonyl (C=O) groups excluding carboxylic acids is 1. The first-order valence-electron chi connectivity index (χ1n) is 8.53. The SMILES string of the molecule is CC(C)(C(=O)NCCC1CCCCC1)S(=O)(=O)c1ccc(Cl)cc1. The molecule has 24 heavy (non-hydrogen) atoms. The molecule has 2 rings (SSSR count). The van der Waals surface area contributed by atoms with E-state index in [2.05, 4.69) is 5.32 Å². The van der Waals surface area contributed by atoms with E-state index in [1.807, 2.05) is 0 Å². The topological polar surface area (TPSA) is 63.2 Å². The molecular weight excluding hydrogens is 346 g/mol. The number of amides is 1. The summed E-state index contributed by atoms with van der Waals surface area (Å²) in [6.07, 6.45) is 7.16. The molecule has 1 aromatic rings. The molecule has 0 heterocycles. The van der Waals surface area contributed by atoms with Gasteiger partial charge in [0.25, 0.3) is 0 Å². The third-order valence-corrected chi connectivity index (χ3v) is 7.58. The van der Waals surface area contributed by atoms with E-state index in [1.165, 1.54) is 70.2 Å². The van der Waals surface area contributed by atoms with E-state index in [0.717, 1.165) is 6.42 Å². The molecule has 0 saturated heterocycles. The van der Waals surface area contributed by atoms with Gasteiger partial charge in [0.05, 0.1) is 4.90 Å².